The third kappa shape index (κ3) is 3.48. The van der Waals surface area contributed by atoms with Crippen LogP contribution >= 0.6 is 0 Å². The fourth-order valence-corrected chi connectivity index (χ4v) is 2.86. The Balaban J connectivity index is 2.03. The van der Waals surface area contributed by atoms with Gasteiger partial charge in [-0.1, -0.05) is 6.07 Å². The molecule has 0 aliphatic carbocycles. The molecule has 0 unspecified atom stereocenters. The Hall–Kier alpha value is -1.62. The molecule has 110 valence electrons. The third-order valence-corrected chi connectivity index (χ3v) is 4.16. The van der Waals surface area contributed by atoms with E-state index in [0.29, 0.717) is 0 Å². The summed E-state index contributed by atoms with van der Waals surface area (Å²) in [6, 6.07) is 5.14. The first-order chi connectivity index (χ1) is 9.61. The number of hydrogen-bond acceptors (Lipinski definition) is 4. The average Bonchev–Trinajstić information content (AvgIpc) is 2.46. The van der Waals surface area contributed by atoms with Crippen LogP contribution in [0.15, 0.2) is 18.2 Å². The minimum Gasteiger partial charge on any atom is -0.371 e. The summed E-state index contributed by atoms with van der Waals surface area (Å²) in [5, 5.41) is 14.1. The molecule has 1 aliphatic heterocycles. The van der Waals surface area contributed by atoms with Crippen molar-refractivity contribution in [2.45, 2.75) is 26.2 Å². The molecular formula is C15H23N3O2. The van der Waals surface area contributed by atoms with Crippen LogP contribution in [0, 0.1) is 23.0 Å². The zero-order valence-electron chi connectivity index (χ0n) is 12.3. The fourth-order valence-electron chi connectivity index (χ4n) is 2.86. The molecule has 1 aliphatic rings. The second kappa shape index (κ2) is 6.70. The predicted octanol–water partition coefficient (Wildman–Crippen LogP) is 2.73. The van der Waals surface area contributed by atoms with Crippen molar-refractivity contribution in [2.24, 2.45) is 5.92 Å². The predicted molar refractivity (Wildman–Crippen MR) is 81.3 cm³/mol. The molecule has 1 heterocycles. The van der Waals surface area contributed by atoms with E-state index in [1.54, 1.807) is 12.1 Å². The third-order valence-electron chi connectivity index (χ3n) is 4.16. The topological polar surface area (TPSA) is 58.4 Å². The monoisotopic (exact) mass is 277 g/mol. The Kier molecular flexibility index (Phi) is 4.95. The molecule has 1 aromatic rings. The van der Waals surface area contributed by atoms with Gasteiger partial charge < -0.3 is 10.2 Å². The van der Waals surface area contributed by atoms with Gasteiger partial charge in [0.2, 0.25) is 0 Å². The molecule has 1 saturated heterocycles. The molecule has 0 bridgehead atoms. The van der Waals surface area contributed by atoms with Crippen LogP contribution in [0.25, 0.3) is 0 Å². The second-order valence-corrected chi connectivity index (χ2v) is 5.55. The van der Waals surface area contributed by atoms with Crippen molar-refractivity contribution in [1.82, 2.24) is 5.32 Å². The van der Waals surface area contributed by atoms with E-state index < -0.39 is 0 Å². The van der Waals surface area contributed by atoms with Gasteiger partial charge >= 0.3 is 0 Å². The number of rotatable bonds is 5. The van der Waals surface area contributed by atoms with Gasteiger partial charge in [-0.3, -0.25) is 10.1 Å². The molecule has 1 fully saturated rings. The molecule has 0 spiro atoms. The van der Waals surface area contributed by atoms with E-state index in [0.717, 1.165) is 36.8 Å². The van der Waals surface area contributed by atoms with Gasteiger partial charge in [0.1, 0.15) is 0 Å². The number of anilines is 1. The lowest BCUT2D eigenvalue weighted by Gasteiger charge is -2.34. The lowest BCUT2D eigenvalue weighted by atomic mass is 9.93. The van der Waals surface area contributed by atoms with Crippen molar-refractivity contribution in [1.29, 1.82) is 0 Å². The summed E-state index contributed by atoms with van der Waals surface area (Å²) in [6.07, 6.45) is 3.56. The normalized spacial score (nSPS) is 16.4. The van der Waals surface area contributed by atoms with E-state index in [9.17, 15) is 10.1 Å². The van der Waals surface area contributed by atoms with Crippen LogP contribution in [-0.4, -0.2) is 31.6 Å². The summed E-state index contributed by atoms with van der Waals surface area (Å²) in [4.78, 5) is 12.9. The largest absolute Gasteiger partial charge is 0.371 e. The molecule has 5 heteroatoms. The molecule has 0 amide bonds. The molecule has 2 rings (SSSR count). The van der Waals surface area contributed by atoms with Crippen molar-refractivity contribution in [3.63, 3.8) is 0 Å². The minimum atomic E-state index is -0.317. The van der Waals surface area contributed by atoms with E-state index in [-0.39, 0.29) is 10.6 Å². The zero-order chi connectivity index (χ0) is 14.5. The van der Waals surface area contributed by atoms with Crippen molar-refractivity contribution in [3.8, 4) is 0 Å². The number of benzene rings is 1. The molecule has 0 aromatic heterocycles. The number of non-ortho nitro benzene ring substituents is 1. The highest BCUT2D eigenvalue weighted by molar-refractivity contribution is 5.58. The smallest absolute Gasteiger partial charge is 0.271 e. The Morgan fingerprint density at radius 1 is 1.40 bits per heavy atom. The van der Waals surface area contributed by atoms with Crippen molar-refractivity contribution >= 4 is 11.4 Å². The summed E-state index contributed by atoms with van der Waals surface area (Å²) in [5.74, 6) is 0.776. The van der Waals surface area contributed by atoms with Gasteiger partial charge in [-0.05, 0) is 51.3 Å². The van der Waals surface area contributed by atoms with E-state index in [2.05, 4.69) is 10.2 Å². The van der Waals surface area contributed by atoms with E-state index in [1.807, 2.05) is 20.0 Å². The quantitative estimate of drug-likeness (QED) is 0.664. The van der Waals surface area contributed by atoms with Crippen LogP contribution in [-0.2, 0) is 0 Å². The average molecular weight is 277 g/mol. The number of nitrogens with zero attached hydrogens (tertiary/aromatic N) is 2. The van der Waals surface area contributed by atoms with Crippen LogP contribution in [0.1, 0.15) is 24.8 Å². The second-order valence-electron chi connectivity index (χ2n) is 5.55. The molecule has 1 N–H and O–H groups in total. The maximum Gasteiger partial charge on any atom is 0.271 e. The van der Waals surface area contributed by atoms with E-state index in [1.165, 1.54) is 19.3 Å². The SMILES string of the molecule is CNCCC1CCN(c2cc([N+](=O)[O-])ccc2C)CC1. The lowest BCUT2D eigenvalue weighted by Crippen LogP contribution is -2.34. The van der Waals surface area contributed by atoms with E-state index >= 15 is 0 Å². The van der Waals surface area contributed by atoms with Crippen LogP contribution in [0.3, 0.4) is 0 Å². The number of nitro benzene ring substituents is 1. The summed E-state index contributed by atoms with van der Waals surface area (Å²) < 4.78 is 0. The molecule has 1 aromatic carbocycles. The van der Waals surface area contributed by atoms with Gasteiger partial charge in [-0.25, -0.2) is 0 Å². The van der Waals surface area contributed by atoms with E-state index in [4.69, 9.17) is 0 Å². The highest BCUT2D eigenvalue weighted by Gasteiger charge is 2.21. The number of piperidine rings is 1. The molecule has 0 atom stereocenters. The minimum absolute atomic E-state index is 0.183. The maximum absolute atomic E-state index is 10.9. The highest BCUT2D eigenvalue weighted by atomic mass is 16.6. The van der Waals surface area contributed by atoms with Crippen LogP contribution in [0.5, 0.6) is 0 Å². The van der Waals surface area contributed by atoms with Crippen LogP contribution in [0.4, 0.5) is 11.4 Å². The number of nitro groups is 1. The lowest BCUT2D eigenvalue weighted by molar-refractivity contribution is -0.384. The van der Waals surface area contributed by atoms with Crippen molar-refractivity contribution < 1.29 is 4.92 Å². The van der Waals surface area contributed by atoms with Crippen molar-refractivity contribution in [3.05, 3.63) is 33.9 Å². The standard InChI is InChI=1S/C15H23N3O2/c1-12-3-4-14(18(19)20)11-15(12)17-9-6-13(7-10-17)5-8-16-2/h3-4,11,13,16H,5-10H2,1-2H3. The Morgan fingerprint density at radius 2 is 2.10 bits per heavy atom. The number of aryl methyl sites for hydroxylation is 1. The molecule has 0 radical (unpaired) electrons. The number of hydrogen-bond donors (Lipinski definition) is 1. The molecule has 20 heavy (non-hydrogen) atoms. The van der Waals surface area contributed by atoms with Gasteiger partial charge in [0.15, 0.2) is 0 Å². The Labute approximate surface area is 120 Å². The highest BCUT2D eigenvalue weighted by Crippen LogP contribution is 2.30. The molecular weight excluding hydrogens is 254 g/mol. The molecule has 5 nitrogen and oxygen atoms in total. The maximum atomic E-state index is 10.9. The summed E-state index contributed by atoms with van der Waals surface area (Å²) >= 11 is 0. The molecule has 0 saturated carbocycles. The first-order valence-electron chi connectivity index (χ1n) is 7.26. The van der Waals surface area contributed by atoms with Crippen molar-refractivity contribution in [2.75, 3.05) is 31.6 Å². The summed E-state index contributed by atoms with van der Waals surface area (Å²) in [5.41, 5.74) is 2.32. The van der Waals surface area contributed by atoms with Gasteiger partial charge in [0.05, 0.1) is 4.92 Å². The van der Waals surface area contributed by atoms with Gasteiger partial charge in [0.25, 0.3) is 5.69 Å². The fraction of sp³-hybridized carbons (Fsp3) is 0.600. The Bertz CT molecular complexity index is 468. The van der Waals surface area contributed by atoms with Crippen LogP contribution in [0.2, 0.25) is 0 Å². The summed E-state index contributed by atoms with van der Waals surface area (Å²) in [7, 11) is 1.99. The van der Waals surface area contributed by atoms with Gasteiger partial charge in [-0.2, -0.15) is 0 Å². The zero-order valence-corrected chi connectivity index (χ0v) is 12.3. The van der Waals surface area contributed by atoms with Gasteiger partial charge in [0, 0.05) is 30.9 Å². The van der Waals surface area contributed by atoms with Crippen LogP contribution < -0.4 is 10.2 Å². The summed E-state index contributed by atoms with van der Waals surface area (Å²) in [6.45, 7) is 5.08. The first-order valence-corrected chi connectivity index (χ1v) is 7.26. The number of nitrogens with one attached hydrogen (secondary N) is 1. The Morgan fingerprint density at radius 3 is 2.70 bits per heavy atom. The first kappa shape index (κ1) is 14.8. The van der Waals surface area contributed by atoms with Gasteiger partial charge in [-0.15, -0.1) is 0 Å².